The summed E-state index contributed by atoms with van der Waals surface area (Å²) in [6.07, 6.45) is 5.60. The number of aryl methyl sites for hydroxylation is 2. The van der Waals surface area contributed by atoms with Crippen LogP contribution in [0, 0.1) is 20.8 Å². The highest BCUT2D eigenvalue weighted by Gasteiger charge is 2.21. The zero-order valence-electron chi connectivity index (χ0n) is 12.2. The van der Waals surface area contributed by atoms with Crippen LogP contribution in [0.3, 0.4) is 0 Å². The van der Waals surface area contributed by atoms with Crippen LogP contribution in [-0.4, -0.2) is 6.54 Å². The first-order valence-corrected chi connectivity index (χ1v) is 6.94. The molecule has 3 heteroatoms. The van der Waals surface area contributed by atoms with Gasteiger partial charge in [0.1, 0.15) is 11.5 Å². The third-order valence-corrected chi connectivity index (χ3v) is 3.63. The molecule has 0 saturated heterocycles. The lowest BCUT2D eigenvalue weighted by Gasteiger charge is -2.18. The fourth-order valence-corrected chi connectivity index (χ4v) is 2.56. The Hall–Kier alpha value is -1.48. The predicted octanol–water partition coefficient (Wildman–Crippen LogP) is 4.08. The van der Waals surface area contributed by atoms with Crippen molar-refractivity contribution in [3.8, 4) is 0 Å². The molecule has 0 radical (unpaired) electrons. The summed E-state index contributed by atoms with van der Waals surface area (Å²) in [5.74, 6) is 2.04. The molecule has 104 valence electrons. The van der Waals surface area contributed by atoms with Crippen molar-refractivity contribution in [2.24, 2.45) is 0 Å². The quantitative estimate of drug-likeness (QED) is 0.851. The minimum atomic E-state index is 0.287. The number of hydrogen-bond donors (Lipinski definition) is 1. The first kappa shape index (κ1) is 13.9. The molecule has 0 aliphatic rings. The van der Waals surface area contributed by atoms with E-state index in [-0.39, 0.29) is 6.04 Å². The van der Waals surface area contributed by atoms with E-state index in [1.165, 1.54) is 16.7 Å². The molecule has 2 aromatic heterocycles. The van der Waals surface area contributed by atoms with E-state index >= 15 is 0 Å². The van der Waals surface area contributed by atoms with Crippen molar-refractivity contribution >= 4 is 0 Å². The van der Waals surface area contributed by atoms with E-state index < -0.39 is 0 Å². The van der Waals surface area contributed by atoms with Crippen molar-refractivity contribution in [3.05, 3.63) is 46.8 Å². The van der Waals surface area contributed by atoms with Gasteiger partial charge in [0.2, 0.25) is 0 Å². The lowest BCUT2D eigenvalue weighted by atomic mass is 9.97. The Kier molecular flexibility index (Phi) is 4.48. The molecular formula is C16H23NO2. The minimum Gasteiger partial charge on any atom is -0.472 e. The highest BCUT2D eigenvalue weighted by atomic mass is 16.3. The minimum absolute atomic E-state index is 0.287. The Balaban J connectivity index is 2.25. The normalized spacial score (nSPS) is 12.8. The molecule has 0 aromatic carbocycles. The summed E-state index contributed by atoms with van der Waals surface area (Å²) in [5, 5.41) is 3.62. The second-order valence-electron chi connectivity index (χ2n) is 5.10. The Morgan fingerprint density at radius 2 is 2.00 bits per heavy atom. The predicted molar refractivity (Wildman–Crippen MR) is 76.4 cm³/mol. The van der Waals surface area contributed by atoms with Crippen LogP contribution in [0.5, 0.6) is 0 Å². The Morgan fingerprint density at radius 3 is 2.53 bits per heavy atom. The van der Waals surface area contributed by atoms with Gasteiger partial charge < -0.3 is 14.2 Å². The van der Waals surface area contributed by atoms with E-state index in [2.05, 4.69) is 19.2 Å². The molecule has 1 N–H and O–H groups in total. The summed E-state index contributed by atoms with van der Waals surface area (Å²) in [6.45, 7) is 9.40. The monoisotopic (exact) mass is 261 g/mol. The maximum absolute atomic E-state index is 5.76. The topological polar surface area (TPSA) is 38.3 Å². The van der Waals surface area contributed by atoms with Gasteiger partial charge in [-0.3, -0.25) is 0 Å². The molecule has 0 aliphatic heterocycles. The van der Waals surface area contributed by atoms with Gasteiger partial charge in [-0.1, -0.05) is 6.92 Å². The summed E-state index contributed by atoms with van der Waals surface area (Å²) in [7, 11) is 0. The molecule has 3 nitrogen and oxygen atoms in total. The van der Waals surface area contributed by atoms with Crippen LogP contribution >= 0.6 is 0 Å². The van der Waals surface area contributed by atoms with Gasteiger partial charge in [0, 0.05) is 11.6 Å². The van der Waals surface area contributed by atoms with Gasteiger partial charge in [-0.05, 0) is 57.4 Å². The van der Waals surface area contributed by atoms with Crippen LogP contribution < -0.4 is 5.32 Å². The molecule has 2 aromatic rings. The molecule has 0 bridgehead atoms. The number of nitrogens with one attached hydrogen (secondary N) is 1. The van der Waals surface area contributed by atoms with Gasteiger partial charge in [0.15, 0.2) is 0 Å². The smallest absolute Gasteiger partial charge is 0.106 e. The summed E-state index contributed by atoms with van der Waals surface area (Å²) in [6, 6.07) is 2.31. The lowest BCUT2D eigenvalue weighted by Crippen LogP contribution is -2.24. The molecule has 0 fully saturated rings. The average Bonchev–Trinajstić information content (AvgIpc) is 2.95. The molecule has 0 amide bonds. The fraction of sp³-hybridized carbons (Fsp3) is 0.500. The molecule has 2 rings (SSSR count). The summed E-state index contributed by atoms with van der Waals surface area (Å²) < 4.78 is 10.9. The van der Waals surface area contributed by atoms with Gasteiger partial charge in [0.25, 0.3) is 0 Å². The van der Waals surface area contributed by atoms with E-state index in [4.69, 9.17) is 8.83 Å². The van der Waals surface area contributed by atoms with Crippen LogP contribution in [0.15, 0.2) is 27.4 Å². The molecule has 0 spiro atoms. The van der Waals surface area contributed by atoms with Crippen molar-refractivity contribution in [1.82, 2.24) is 5.32 Å². The number of furan rings is 2. The highest BCUT2D eigenvalue weighted by Crippen LogP contribution is 2.29. The molecule has 0 saturated carbocycles. The maximum atomic E-state index is 5.76. The molecule has 0 aliphatic carbocycles. The number of rotatable bonds is 6. The second kappa shape index (κ2) is 6.11. The molecule has 19 heavy (non-hydrogen) atoms. The molecule has 1 unspecified atom stereocenters. The van der Waals surface area contributed by atoms with Crippen molar-refractivity contribution in [2.75, 3.05) is 6.54 Å². The van der Waals surface area contributed by atoms with E-state index in [1.807, 2.05) is 26.2 Å². The molecule has 1 atom stereocenters. The highest BCUT2D eigenvalue weighted by molar-refractivity contribution is 5.35. The van der Waals surface area contributed by atoms with Crippen molar-refractivity contribution in [1.29, 1.82) is 0 Å². The van der Waals surface area contributed by atoms with E-state index in [1.54, 1.807) is 6.26 Å². The average molecular weight is 261 g/mol. The van der Waals surface area contributed by atoms with Gasteiger partial charge in [0.05, 0.1) is 12.5 Å². The standard InChI is InChI=1S/C16H23NO2/c1-5-7-17-15(9-14-6-8-18-10-14)16-11(2)12(3)19-13(16)4/h6,8,10,15,17H,5,7,9H2,1-4H3. The van der Waals surface area contributed by atoms with Crippen LogP contribution in [0.4, 0.5) is 0 Å². The first-order valence-electron chi connectivity index (χ1n) is 6.94. The zero-order valence-corrected chi connectivity index (χ0v) is 12.2. The van der Waals surface area contributed by atoms with Crippen LogP contribution in [0.1, 0.15) is 47.6 Å². The lowest BCUT2D eigenvalue weighted by molar-refractivity contribution is 0.478. The Morgan fingerprint density at radius 1 is 1.21 bits per heavy atom. The second-order valence-corrected chi connectivity index (χ2v) is 5.10. The van der Waals surface area contributed by atoms with Gasteiger partial charge in [-0.25, -0.2) is 0 Å². The van der Waals surface area contributed by atoms with Crippen LogP contribution in [0.2, 0.25) is 0 Å². The first-order chi connectivity index (χ1) is 9.13. The van der Waals surface area contributed by atoms with E-state index in [0.717, 1.165) is 30.9 Å². The van der Waals surface area contributed by atoms with E-state index in [0.29, 0.717) is 0 Å². The summed E-state index contributed by atoms with van der Waals surface area (Å²) in [4.78, 5) is 0. The Bertz CT molecular complexity index is 511. The fourth-order valence-electron chi connectivity index (χ4n) is 2.56. The Labute approximate surface area is 115 Å². The molecular weight excluding hydrogens is 238 g/mol. The van der Waals surface area contributed by atoms with Gasteiger partial charge >= 0.3 is 0 Å². The third kappa shape index (κ3) is 3.10. The third-order valence-electron chi connectivity index (χ3n) is 3.63. The van der Waals surface area contributed by atoms with Gasteiger partial charge in [-0.2, -0.15) is 0 Å². The SMILES string of the molecule is CCCNC(Cc1ccoc1)c1c(C)oc(C)c1C. The van der Waals surface area contributed by atoms with Crippen molar-refractivity contribution in [3.63, 3.8) is 0 Å². The van der Waals surface area contributed by atoms with Gasteiger partial charge in [-0.15, -0.1) is 0 Å². The summed E-state index contributed by atoms with van der Waals surface area (Å²) >= 11 is 0. The van der Waals surface area contributed by atoms with E-state index in [9.17, 15) is 0 Å². The number of hydrogen-bond acceptors (Lipinski definition) is 3. The summed E-state index contributed by atoms with van der Waals surface area (Å²) in [5.41, 5.74) is 3.77. The van der Waals surface area contributed by atoms with Crippen LogP contribution in [-0.2, 0) is 6.42 Å². The molecule has 2 heterocycles. The van der Waals surface area contributed by atoms with Crippen molar-refractivity contribution in [2.45, 2.75) is 46.6 Å². The largest absolute Gasteiger partial charge is 0.472 e. The maximum Gasteiger partial charge on any atom is 0.106 e. The van der Waals surface area contributed by atoms with Crippen molar-refractivity contribution < 1.29 is 8.83 Å². The zero-order chi connectivity index (χ0) is 13.8. The van der Waals surface area contributed by atoms with Crippen LogP contribution in [0.25, 0.3) is 0 Å².